The minimum atomic E-state index is -0.185. The Bertz CT molecular complexity index is 496. The zero-order valence-corrected chi connectivity index (χ0v) is 12.4. The molecule has 2 fully saturated rings. The number of nitrogens with one attached hydrogen (secondary N) is 1. The molecule has 2 saturated heterocycles. The summed E-state index contributed by atoms with van der Waals surface area (Å²) in [6.45, 7) is 4.15. The second-order valence-corrected chi connectivity index (χ2v) is 5.86. The van der Waals surface area contributed by atoms with Crippen molar-refractivity contribution in [3.63, 3.8) is 0 Å². The first-order chi connectivity index (χ1) is 10.2. The van der Waals surface area contributed by atoms with Gasteiger partial charge >= 0.3 is 0 Å². The SMILES string of the molecule is CCC(=O)N1CC[C@@]2(C[C@@H](Nc3ncccn3)CCO2)C1. The van der Waals surface area contributed by atoms with Gasteiger partial charge in [0.2, 0.25) is 11.9 Å². The predicted molar refractivity (Wildman–Crippen MR) is 78.8 cm³/mol. The predicted octanol–water partition coefficient (Wildman–Crippen LogP) is 1.45. The van der Waals surface area contributed by atoms with Gasteiger partial charge in [0.25, 0.3) is 0 Å². The number of rotatable bonds is 3. The molecule has 1 aromatic heterocycles. The highest BCUT2D eigenvalue weighted by Gasteiger charge is 2.44. The number of aromatic nitrogens is 2. The van der Waals surface area contributed by atoms with Crippen LogP contribution in [0.1, 0.15) is 32.6 Å². The van der Waals surface area contributed by atoms with E-state index in [1.54, 1.807) is 12.4 Å². The van der Waals surface area contributed by atoms with E-state index < -0.39 is 0 Å². The molecule has 0 aliphatic carbocycles. The van der Waals surface area contributed by atoms with Crippen LogP contribution in [0.4, 0.5) is 5.95 Å². The summed E-state index contributed by atoms with van der Waals surface area (Å²) in [4.78, 5) is 22.2. The zero-order chi connectivity index (χ0) is 14.7. The molecule has 2 atom stereocenters. The molecule has 3 rings (SSSR count). The molecule has 114 valence electrons. The first-order valence-electron chi connectivity index (χ1n) is 7.66. The van der Waals surface area contributed by atoms with Gasteiger partial charge in [-0.05, 0) is 25.3 Å². The van der Waals surface area contributed by atoms with Crippen molar-refractivity contribution < 1.29 is 9.53 Å². The highest BCUT2D eigenvalue weighted by atomic mass is 16.5. The van der Waals surface area contributed by atoms with E-state index >= 15 is 0 Å². The maximum atomic E-state index is 11.8. The lowest BCUT2D eigenvalue weighted by atomic mass is 9.89. The van der Waals surface area contributed by atoms with E-state index in [1.807, 2.05) is 17.9 Å². The maximum Gasteiger partial charge on any atom is 0.222 e. The molecule has 0 radical (unpaired) electrons. The monoisotopic (exact) mass is 290 g/mol. The number of ether oxygens (including phenoxy) is 1. The van der Waals surface area contributed by atoms with Gasteiger partial charge in [-0.15, -0.1) is 0 Å². The van der Waals surface area contributed by atoms with Gasteiger partial charge in [0.1, 0.15) is 0 Å². The summed E-state index contributed by atoms with van der Waals surface area (Å²) in [5.74, 6) is 0.885. The van der Waals surface area contributed by atoms with Crippen LogP contribution in [-0.2, 0) is 9.53 Å². The van der Waals surface area contributed by atoms with E-state index in [0.29, 0.717) is 25.0 Å². The van der Waals surface area contributed by atoms with Gasteiger partial charge in [-0.2, -0.15) is 0 Å². The van der Waals surface area contributed by atoms with Crippen LogP contribution in [-0.4, -0.2) is 52.1 Å². The minimum absolute atomic E-state index is 0.185. The Labute approximate surface area is 124 Å². The Morgan fingerprint density at radius 1 is 1.52 bits per heavy atom. The molecular formula is C15H22N4O2. The van der Waals surface area contributed by atoms with E-state index in [4.69, 9.17) is 4.74 Å². The molecule has 1 spiro atoms. The molecule has 0 saturated carbocycles. The Morgan fingerprint density at radius 2 is 2.33 bits per heavy atom. The molecular weight excluding hydrogens is 268 g/mol. The normalized spacial score (nSPS) is 28.8. The third-order valence-corrected chi connectivity index (χ3v) is 4.36. The van der Waals surface area contributed by atoms with Crippen molar-refractivity contribution in [3.8, 4) is 0 Å². The van der Waals surface area contributed by atoms with Crippen LogP contribution >= 0.6 is 0 Å². The summed E-state index contributed by atoms with van der Waals surface area (Å²) >= 11 is 0. The lowest BCUT2D eigenvalue weighted by Crippen LogP contribution is -2.47. The van der Waals surface area contributed by atoms with Gasteiger partial charge in [0.05, 0.1) is 5.60 Å². The van der Waals surface area contributed by atoms with Crippen LogP contribution in [0.3, 0.4) is 0 Å². The second-order valence-electron chi connectivity index (χ2n) is 5.86. The largest absolute Gasteiger partial charge is 0.373 e. The molecule has 2 aliphatic heterocycles. The third kappa shape index (κ3) is 3.15. The zero-order valence-electron chi connectivity index (χ0n) is 12.4. The standard InChI is InChI=1S/C15H22N4O2/c1-2-13(20)19-8-5-15(11-19)10-12(4-9-21-15)18-14-16-6-3-7-17-14/h3,6-7,12H,2,4-5,8-11H2,1H3,(H,16,17,18)/t12-,15+/m0/s1. The average Bonchev–Trinajstić information content (AvgIpc) is 2.91. The summed E-state index contributed by atoms with van der Waals surface area (Å²) in [5.41, 5.74) is -0.185. The van der Waals surface area contributed by atoms with Crippen molar-refractivity contribution in [2.45, 2.75) is 44.2 Å². The highest BCUT2D eigenvalue weighted by molar-refractivity contribution is 5.76. The fourth-order valence-corrected chi connectivity index (χ4v) is 3.27. The Kier molecular flexibility index (Phi) is 4.05. The minimum Gasteiger partial charge on any atom is -0.373 e. The number of amides is 1. The topological polar surface area (TPSA) is 67.4 Å². The summed E-state index contributed by atoms with van der Waals surface area (Å²) in [5, 5.41) is 3.38. The molecule has 1 aromatic rings. The van der Waals surface area contributed by atoms with Crippen molar-refractivity contribution in [1.82, 2.24) is 14.9 Å². The summed E-state index contributed by atoms with van der Waals surface area (Å²) in [6.07, 6.45) is 6.81. The Hall–Kier alpha value is -1.69. The van der Waals surface area contributed by atoms with Crippen LogP contribution in [0.5, 0.6) is 0 Å². The van der Waals surface area contributed by atoms with E-state index in [-0.39, 0.29) is 11.5 Å². The average molecular weight is 290 g/mol. The number of hydrogen-bond donors (Lipinski definition) is 1. The van der Waals surface area contributed by atoms with E-state index in [2.05, 4.69) is 15.3 Å². The molecule has 6 heteroatoms. The molecule has 21 heavy (non-hydrogen) atoms. The fourth-order valence-electron chi connectivity index (χ4n) is 3.27. The molecule has 0 aromatic carbocycles. The second kappa shape index (κ2) is 5.97. The molecule has 3 heterocycles. The third-order valence-electron chi connectivity index (χ3n) is 4.36. The van der Waals surface area contributed by atoms with Crippen LogP contribution in [0.2, 0.25) is 0 Å². The molecule has 1 N–H and O–H groups in total. The van der Waals surface area contributed by atoms with Crippen LogP contribution in [0.15, 0.2) is 18.5 Å². The van der Waals surface area contributed by atoms with Crippen molar-refractivity contribution in [2.75, 3.05) is 25.0 Å². The molecule has 6 nitrogen and oxygen atoms in total. The van der Waals surface area contributed by atoms with Gasteiger partial charge in [0, 0.05) is 44.6 Å². The van der Waals surface area contributed by atoms with E-state index in [9.17, 15) is 4.79 Å². The van der Waals surface area contributed by atoms with Crippen molar-refractivity contribution in [1.29, 1.82) is 0 Å². The summed E-state index contributed by atoms with van der Waals surface area (Å²) in [7, 11) is 0. The van der Waals surface area contributed by atoms with Gasteiger partial charge < -0.3 is 15.0 Å². The van der Waals surface area contributed by atoms with Crippen molar-refractivity contribution >= 4 is 11.9 Å². The quantitative estimate of drug-likeness (QED) is 0.912. The van der Waals surface area contributed by atoms with Crippen molar-refractivity contribution in [2.24, 2.45) is 0 Å². The van der Waals surface area contributed by atoms with Crippen LogP contribution in [0.25, 0.3) is 0 Å². The van der Waals surface area contributed by atoms with Gasteiger partial charge in [-0.1, -0.05) is 6.92 Å². The number of carbonyl (C=O) groups excluding carboxylic acids is 1. The van der Waals surface area contributed by atoms with Crippen molar-refractivity contribution in [3.05, 3.63) is 18.5 Å². The number of carbonyl (C=O) groups is 1. The summed E-state index contributed by atoms with van der Waals surface area (Å²) in [6, 6.07) is 2.11. The first kappa shape index (κ1) is 14.3. The number of nitrogens with zero attached hydrogens (tertiary/aromatic N) is 3. The molecule has 1 amide bonds. The Balaban J connectivity index is 1.62. The first-order valence-corrected chi connectivity index (χ1v) is 7.66. The number of likely N-dealkylation sites (tertiary alicyclic amines) is 1. The number of anilines is 1. The lowest BCUT2D eigenvalue weighted by Gasteiger charge is -2.38. The molecule has 0 unspecified atom stereocenters. The number of hydrogen-bond acceptors (Lipinski definition) is 5. The molecule has 0 bridgehead atoms. The molecule has 2 aliphatic rings. The lowest BCUT2D eigenvalue weighted by molar-refractivity contribution is -0.132. The smallest absolute Gasteiger partial charge is 0.222 e. The van der Waals surface area contributed by atoms with Gasteiger partial charge in [-0.25, -0.2) is 9.97 Å². The summed E-state index contributed by atoms with van der Waals surface area (Å²) < 4.78 is 6.04. The van der Waals surface area contributed by atoms with E-state index in [1.165, 1.54) is 0 Å². The van der Waals surface area contributed by atoms with Crippen LogP contribution < -0.4 is 5.32 Å². The van der Waals surface area contributed by atoms with Gasteiger partial charge in [-0.3, -0.25) is 4.79 Å². The highest BCUT2D eigenvalue weighted by Crippen LogP contribution is 2.35. The fraction of sp³-hybridized carbons (Fsp3) is 0.667. The Morgan fingerprint density at radius 3 is 3.10 bits per heavy atom. The maximum absolute atomic E-state index is 11.8. The van der Waals surface area contributed by atoms with E-state index in [0.717, 1.165) is 32.4 Å². The van der Waals surface area contributed by atoms with Crippen LogP contribution in [0, 0.1) is 0 Å². The van der Waals surface area contributed by atoms with Gasteiger partial charge in [0.15, 0.2) is 0 Å².